The number of nitrogens with zero attached hydrogens (tertiary/aromatic N) is 2. The number of aryl methyl sites for hydroxylation is 1. The highest BCUT2D eigenvalue weighted by Crippen LogP contribution is 2.13. The zero-order valence-corrected chi connectivity index (χ0v) is 12.1. The summed E-state index contributed by atoms with van der Waals surface area (Å²) in [7, 11) is 1.88. The van der Waals surface area contributed by atoms with E-state index < -0.39 is 0 Å². The number of carbonyl (C=O) groups is 1. The van der Waals surface area contributed by atoms with Gasteiger partial charge in [-0.3, -0.25) is 4.79 Å². The van der Waals surface area contributed by atoms with E-state index in [1.54, 1.807) is 18.3 Å². The van der Waals surface area contributed by atoms with Crippen molar-refractivity contribution in [2.24, 2.45) is 7.05 Å². The summed E-state index contributed by atoms with van der Waals surface area (Å²) in [5.41, 5.74) is 2.12. The second-order valence-corrected chi connectivity index (χ2v) is 4.58. The number of imidazole rings is 1. The zero-order valence-electron chi connectivity index (χ0n) is 12.1. The highest BCUT2D eigenvalue weighted by molar-refractivity contribution is 5.96. The molecule has 0 aliphatic carbocycles. The SMILES string of the molecule is Cc1c(C#CCO)cccc1C(=O)NCc1nccn1C. The van der Waals surface area contributed by atoms with Crippen molar-refractivity contribution in [3.05, 3.63) is 53.1 Å². The van der Waals surface area contributed by atoms with Gasteiger partial charge in [-0.15, -0.1) is 0 Å². The van der Waals surface area contributed by atoms with Gasteiger partial charge in [-0.25, -0.2) is 4.98 Å². The van der Waals surface area contributed by atoms with E-state index in [0.29, 0.717) is 12.1 Å². The van der Waals surface area contributed by atoms with Crippen LogP contribution >= 0.6 is 0 Å². The first-order valence-electron chi connectivity index (χ1n) is 6.57. The number of hydrogen-bond donors (Lipinski definition) is 2. The van der Waals surface area contributed by atoms with Gasteiger partial charge in [0.25, 0.3) is 5.91 Å². The summed E-state index contributed by atoms with van der Waals surface area (Å²) in [6.07, 6.45) is 3.52. The van der Waals surface area contributed by atoms with Crippen LogP contribution in [0.25, 0.3) is 0 Å². The molecule has 1 aromatic heterocycles. The van der Waals surface area contributed by atoms with Crippen molar-refractivity contribution in [2.45, 2.75) is 13.5 Å². The molecule has 0 aliphatic heterocycles. The van der Waals surface area contributed by atoms with Crippen LogP contribution in [0.1, 0.15) is 27.3 Å². The second kappa shape index (κ2) is 6.73. The molecule has 2 rings (SSSR count). The fourth-order valence-electron chi connectivity index (χ4n) is 1.97. The van der Waals surface area contributed by atoms with Crippen LogP contribution in [-0.4, -0.2) is 27.2 Å². The molecule has 0 atom stereocenters. The molecule has 0 aliphatic rings. The lowest BCUT2D eigenvalue weighted by molar-refractivity contribution is 0.0949. The second-order valence-electron chi connectivity index (χ2n) is 4.58. The van der Waals surface area contributed by atoms with E-state index in [2.05, 4.69) is 22.1 Å². The van der Waals surface area contributed by atoms with E-state index in [-0.39, 0.29) is 12.5 Å². The van der Waals surface area contributed by atoms with Gasteiger partial charge in [0.1, 0.15) is 12.4 Å². The van der Waals surface area contributed by atoms with Gasteiger partial charge in [0, 0.05) is 30.6 Å². The van der Waals surface area contributed by atoms with E-state index in [0.717, 1.165) is 17.0 Å². The van der Waals surface area contributed by atoms with Crippen molar-refractivity contribution in [1.29, 1.82) is 0 Å². The highest BCUT2D eigenvalue weighted by atomic mass is 16.2. The highest BCUT2D eigenvalue weighted by Gasteiger charge is 2.11. The van der Waals surface area contributed by atoms with Crippen molar-refractivity contribution in [3.63, 3.8) is 0 Å². The average molecular weight is 283 g/mol. The number of amides is 1. The molecular weight excluding hydrogens is 266 g/mol. The molecular formula is C16H17N3O2. The summed E-state index contributed by atoms with van der Waals surface area (Å²) in [6, 6.07) is 5.37. The van der Waals surface area contributed by atoms with Crippen LogP contribution in [-0.2, 0) is 13.6 Å². The standard InChI is InChI=1S/C16H17N3O2/c1-12-13(6-4-10-20)5-3-7-14(12)16(21)18-11-15-17-8-9-19(15)2/h3,5,7-9,20H,10-11H2,1-2H3,(H,18,21). The maximum atomic E-state index is 12.3. The summed E-state index contributed by atoms with van der Waals surface area (Å²) < 4.78 is 1.86. The summed E-state index contributed by atoms with van der Waals surface area (Å²) in [5.74, 6) is 6.06. The molecule has 0 saturated carbocycles. The Morgan fingerprint density at radius 3 is 2.95 bits per heavy atom. The first-order chi connectivity index (χ1) is 10.1. The van der Waals surface area contributed by atoms with E-state index in [1.807, 2.05) is 30.8 Å². The largest absolute Gasteiger partial charge is 0.384 e. The van der Waals surface area contributed by atoms with Gasteiger partial charge in [-0.05, 0) is 24.6 Å². The normalized spacial score (nSPS) is 9.86. The fourth-order valence-corrected chi connectivity index (χ4v) is 1.97. The molecule has 2 aromatic rings. The third-order valence-corrected chi connectivity index (χ3v) is 3.21. The number of carbonyl (C=O) groups excluding carboxylic acids is 1. The first kappa shape index (κ1) is 14.8. The van der Waals surface area contributed by atoms with Crippen molar-refractivity contribution in [2.75, 3.05) is 6.61 Å². The van der Waals surface area contributed by atoms with E-state index in [1.165, 1.54) is 0 Å². The summed E-state index contributed by atoms with van der Waals surface area (Å²) in [4.78, 5) is 16.4. The predicted octanol–water partition coefficient (Wildman–Crippen LogP) is 1.00. The molecule has 2 N–H and O–H groups in total. The number of benzene rings is 1. The van der Waals surface area contributed by atoms with Crippen LogP contribution in [0, 0.1) is 18.8 Å². The Morgan fingerprint density at radius 2 is 2.29 bits per heavy atom. The van der Waals surface area contributed by atoms with Gasteiger partial charge >= 0.3 is 0 Å². The summed E-state index contributed by atoms with van der Waals surface area (Å²) >= 11 is 0. The minimum absolute atomic E-state index is 0.164. The molecule has 0 spiro atoms. The number of aliphatic hydroxyl groups is 1. The lowest BCUT2D eigenvalue weighted by atomic mass is 10.0. The number of rotatable bonds is 3. The Balaban J connectivity index is 2.14. The molecule has 5 nitrogen and oxygen atoms in total. The van der Waals surface area contributed by atoms with Crippen LogP contribution in [0.2, 0.25) is 0 Å². The van der Waals surface area contributed by atoms with Gasteiger partial charge in [-0.1, -0.05) is 17.9 Å². The lowest BCUT2D eigenvalue weighted by Crippen LogP contribution is -2.25. The molecule has 1 aromatic carbocycles. The van der Waals surface area contributed by atoms with Crippen molar-refractivity contribution in [3.8, 4) is 11.8 Å². The molecule has 0 bridgehead atoms. The molecule has 0 radical (unpaired) electrons. The molecule has 0 fully saturated rings. The molecule has 1 heterocycles. The van der Waals surface area contributed by atoms with Crippen LogP contribution in [0.5, 0.6) is 0 Å². The van der Waals surface area contributed by atoms with Gasteiger partial charge in [0.2, 0.25) is 0 Å². The quantitative estimate of drug-likeness (QED) is 0.826. The van der Waals surface area contributed by atoms with Crippen molar-refractivity contribution >= 4 is 5.91 Å². The summed E-state index contributed by atoms with van der Waals surface area (Å²) in [5, 5.41) is 11.6. The van der Waals surface area contributed by atoms with Gasteiger partial charge in [-0.2, -0.15) is 0 Å². The van der Waals surface area contributed by atoms with E-state index in [4.69, 9.17) is 5.11 Å². The minimum Gasteiger partial charge on any atom is -0.384 e. The van der Waals surface area contributed by atoms with Crippen LogP contribution in [0.4, 0.5) is 0 Å². The molecule has 21 heavy (non-hydrogen) atoms. The molecule has 108 valence electrons. The average Bonchev–Trinajstić information content (AvgIpc) is 2.89. The third kappa shape index (κ3) is 3.50. The van der Waals surface area contributed by atoms with Crippen molar-refractivity contribution in [1.82, 2.24) is 14.9 Å². The number of aliphatic hydroxyl groups excluding tert-OH is 1. The monoisotopic (exact) mass is 283 g/mol. The topological polar surface area (TPSA) is 67.2 Å². The molecule has 5 heteroatoms. The maximum absolute atomic E-state index is 12.3. The van der Waals surface area contributed by atoms with E-state index in [9.17, 15) is 4.79 Å². The minimum atomic E-state index is -0.199. The maximum Gasteiger partial charge on any atom is 0.251 e. The Hall–Kier alpha value is -2.58. The van der Waals surface area contributed by atoms with Crippen LogP contribution in [0.15, 0.2) is 30.6 Å². The predicted molar refractivity (Wildman–Crippen MR) is 79.5 cm³/mol. The Labute approximate surface area is 123 Å². The zero-order chi connectivity index (χ0) is 15.2. The number of hydrogen-bond acceptors (Lipinski definition) is 3. The Morgan fingerprint density at radius 1 is 1.48 bits per heavy atom. The first-order valence-corrected chi connectivity index (χ1v) is 6.57. The smallest absolute Gasteiger partial charge is 0.251 e. The van der Waals surface area contributed by atoms with Crippen LogP contribution < -0.4 is 5.32 Å². The molecule has 0 saturated heterocycles. The number of nitrogens with one attached hydrogen (secondary N) is 1. The summed E-state index contributed by atoms with van der Waals surface area (Å²) in [6.45, 7) is 2.01. The number of aromatic nitrogens is 2. The van der Waals surface area contributed by atoms with Gasteiger partial charge in [0.05, 0.1) is 6.54 Å². The lowest BCUT2D eigenvalue weighted by Gasteiger charge is -2.09. The molecule has 0 unspecified atom stereocenters. The van der Waals surface area contributed by atoms with Crippen LogP contribution in [0.3, 0.4) is 0 Å². The third-order valence-electron chi connectivity index (χ3n) is 3.21. The van der Waals surface area contributed by atoms with Gasteiger partial charge in [0.15, 0.2) is 0 Å². The fraction of sp³-hybridized carbons (Fsp3) is 0.250. The Kier molecular flexibility index (Phi) is 4.75. The molecule has 1 amide bonds. The van der Waals surface area contributed by atoms with Gasteiger partial charge < -0.3 is 15.0 Å². The Bertz CT molecular complexity index is 708. The van der Waals surface area contributed by atoms with E-state index >= 15 is 0 Å². The van der Waals surface area contributed by atoms with Crippen molar-refractivity contribution < 1.29 is 9.90 Å².